The van der Waals surface area contributed by atoms with E-state index in [1.807, 2.05) is 22.6 Å². The highest BCUT2D eigenvalue weighted by atomic mass is 127. The number of carbonyl (C=O) groups excluding carboxylic acids is 1. The van der Waals surface area contributed by atoms with Crippen molar-refractivity contribution in [3.05, 3.63) is 27.8 Å². The minimum atomic E-state index is -6.38. The molecule has 0 amide bonds. The van der Waals surface area contributed by atoms with E-state index in [1.165, 1.54) is 12.1 Å². The molecule has 0 saturated heterocycles. The fourth-order valence-electron chi connectivity index (χ4n) is 1.32. The largest absolute Gasteiger partial charge is 0.828 e. The lowest BCUT2D eigenvalue weighted by Gasteiger charge is -2.40. The number of esters is 1. The van der Waals surface area contributed by atoms with Crippen LogP contribution in [0, 0.1) is 3.57 Å². The summed E-state index contributed by atoms with van der Waals surface area (Å²) in [4.78, 5) is 11.0. The highest BCUT2D eigenvalue weighted by Gasteiger charge is 2.68. The lowest BCUT2D eigenvalue weighted by Crippen LogP contribution is -2.71. The molecular formula is C12H8F6IO4-. The maximum absolute atomic E-state index is 12.3. The van der Waals surface area contributed by atoms with Crippen molar-refractivity contribution in [2.24, 2.45) is 0 Å². The molecule has 0 fully saturated rings. The van der Waals surface area contributed by atoms with Crippen molar-refractivity contribution in [1.82, 2.24) is 0 Å². The molecule has 1 aromatic carbocycles. The Labute approximate surface area is 139 Å². The van der Waals surface area contributed by atoms with Crippen LogP contribution in [0.15, 0.2) is 24.3 Å². The molecule has 0 aromatic heterocycles. The van der Waals surface area contributed by atoms with Gasteiger partial charge in [-0.15, -0.1) is 0 Å². The zero-order valence-corrected chi connectivity index (χ0v) is 13.2. The van der Waals surface area contributed by atoms with Crippen LogP contribution in [-0.4, -0.2) is 37.1 Å². The van der Waals surface area contributed by atoms with E-state index in [1.54, 1.807) is 12.1 Å². The molecular weight excluding hydrogens is 449 g/mol. The number of ether oxygens (including phenoxy) is 2. The van der Waals surface area contributed by atoms with E-state index in [2.05, 4.69) is 4.74 Å². The van der Waals surface area contributed by atoms with E-state index >= 15 is 0 Å². The molecule has 23 heavy (non-hydrogen) atoms. The summed E-state index contributed by atoms with van der Waals surface area (Å²) in [6.07, 6.45) is -12.8. The van der Waals surface area contributed by atoms with Gasteiger partial charge in [-0.25, -0.2) is 0 Å². The molecule has 0 unspecified atom stereocenters. The molecule has 0 radical (unpaired) electrons. The van der Waals surface area contributed by atoms with Crippen LogP contribution in [-0.2, 0) is 9.53 Å². The monoisotopic (exact) mass is 457 g/mol. The van der Waals surface area contributed by atoms with Crippen LogP contribution in [0.4, 0.5) is 26.3 Å². The second-order valence-electron chi connectivity index (χ2n) is 4.12. The third-order valence-corrected chi connectivity index (χ3v) is 3.20. The van der Waals surface area contributed by atoms with Gasteiger partial charge >= 0.3 is 18.3 Å². The third-order valence-electron chi connectivity index (χ3n) is 2.48. The summed E-state index contributed by atoms with van der Waals surface area (Å²) in [5, 5.41) is 11.0. The molecule has 1 rings (SSSR count). The van der Waals surface area contributed by atoms with E-state index < -0.39 is 37.1 Å². The van der Waals surface area contributed by atoms with E-state index in [9.17, 15) is 36.2 Å². The van der Waals surface area contributed by atoms with Crippen LogP contribution in [0.1, 0.15) is 0 Å². The molecule has 4 nitrogen and oxygen atoms in total. The summed E-state index contributed by atoms with van der Waals surface area (Å²) in [5.41, 5.74) is -5.83. The van der Waals surface area contributed by atoms with Gasteiger partial charge in [-0.2, -0.15) is 26.3 Å². The minimum Gasteiger partial charge on any atom is -0.828 e. The zero-order valence-electron chi connectivity index (χ0n) is 11.0. The first-order valence-electron chi connectivity index (χ1n) is 5.79. The Hall–Kier alpha value is -1.24. The van der Waals surface area contributed by atoms with E-state index in [4.69, 9.17) is 4.74 Å². The first kappa shape index (κ1) is 19.8. The van der Waals surface area contributed by atoms with E-state index in [0.717, 1.165) is 3.57 Å². The van der Waals surface area contributed by atoms with Crippen molar-refractivity contribution in [2.75, 3.05) is 13.2 Å². The van der Waals surface area contributed by atoms with Crippen LogP contribution < -0.4 is 9.84 Å². The lowest BCUT2D eigenvalue weighted by atomic mass is 10.0. The van der Waals surface area contributed by atoms with Gasteiger partial charge in [0.25, 0.3) is 0 Å². The number of rotatable bonds is 5. The van der Waals surface area contributed by atoms with Crippen molar-refractivity contribution in [2.45, 2.75) is 18.0 Å². The Morgan fingerprint density at radius 2 is 1.48 bits per heavy atom. The Bertz CT molecular complexity index is 526. The van der Waals surface area contributed by atoms with Crippen LogP contribution >= 0.6 is 22.6 Å². The summed E-state index contributed by atoms with van der Waals surface area (Å²) < 4.78 is 83.4. The number of alkyl halides is 6. The quantitative estimate of drug-likeness (QED) is 0.295. The van der Waals surface area contributed by atoms with E-state index in [0.29, 0.717) is 0 Å². The molecule has 0 aliphatic carbocycles. The Kier molecular flexibility index (Phi) is 6.12. The van der Waals surface area contributed by atoms with Gasteiger partial charge in [-0.3, -0.25) is 4.79 Å². The van der Waals surface area contributed by atoms with Crippen LogP contribution in [0.5, 0.6) is 5.75 Å². The molecule has 0 atom stereocenters. The van der Waals surface area contributed by atoms with Gasteiger partial charge in [-0.1, -0.05) is 0 Å². The van der Waals surface area contributed by atoms with Crippen molar-refractivity contribution in [3.63, 3.8) is 0 Å². The zero-order chi connectivity index (χ0) is 17.9. The summed E-state index contributed by atoms with van der Waals surface area (Å²) >= 11 is 2.00. The molecule has 1 aromatic rings. The first-order valence-corrected chi connectivity index (χ1v) is 6.87. The highest BCUT2D eigenvalue weighted by molar-refractivity contribution is 14.1. The van der Waals surface area contributed by atoms with Crippen molar-refractivity contribution < 1.29 is 45.7 Å². The molecule has 0 heterocycles. The molecule has 0 aliphatic heterocycles. The second-order valence-corrected chi connectivity index (χ2v) is 5.36. The van der Waals surface area contributed by atoms with Crippen molar-refractivity contribution in [1.29, 1.82) is 0 Å². The maximum Gasteiger partial charge on any atom is 0.399 e. The van der Waals surface area contributed by atoms with Crippen LogP contribution in [0.3, 0.4) is 0 Å². The van der Waals surface area contributed by atoms with Gasteiger partial charge < -0.3 is 14.6 Å². The Morgan fingerprint density at radius 1 is 1.00 bits per heavy atom. The van der Waals surface area contributed by atoms with Crippen molar-refractivity contribution >= 4 is 28.6 Å². The SMILES string of the molecule is O=C(OCCOc1ccc(I)cc1)C([O-])(C(F)(F)F)C(F)(F)F. The summed E-state index contributed by atoms with van der Waals surface area (Å²) in [6.45, 7) is -1.46. The van der Waals surface area contributed by atoms with E-state index in [-0.39, 0.29) is 5.75 Å². The second kappa shape index (κ2) is 7.11. The topological polar surface area (TPSA) is 58.6 Å². The summed E-state index contributed by atoms with van der Waals surface area (Å²) in [6, 6.07) is 6.26. The van der Waals surface area contributed by atoms with Gasteiger partial charge in [0, 0.05) is 3.57 Å². The van der Waals surface area contributed by atoms with Gasteiger partial charge in [0.2, 0.25) is 0 Å². The Morgan fingerprint density at radius 3 is 1.91 bits per heavy atom. The molecule has 130 valence electrons. The van der Waals surface area contributed by atoms with Crippen LogP contribution in [0.2, 0.25) is 0 Å². The van der Waals surface area contributed by atoms with Crippen molar-refractivity contribution in [3.8, 4) is 5.75 Å². The predicted molar refractivity (Wildman–Crippen MR) is 70.5 cm³/mol. The predicted octanol–water partition coefficient (Wildman–Crippen LogP) is 2.44. The van der Waals surface area contributed by atoms with Gasteiger partial charge in [0.15, 0.2) is 5.60 Å². The smallest absolute Gasteiger partial charge is 0.399 e. The average molecular weight is 457 g/mol. The lowest BCUT2D eigenvalue weighted by molar-refractivity contribution is -0.574. The molecule has 0 saturated carbocycles. The average Bonchev–Trinajstić information content (AvgIpc) is 2.41. The maximum atomic E-state index is 12.3. The minimum absolute atomic E-state index is 0.265. The molecule has 0 N–H and O–H groups in total. The number of hydrogen-bond donors (Lipinski definition) is 0. The summed E-state index contributed by atoms with van der Waals surface area (Å²) in [5.74, 6) is -2.70. The fraction of sp³-hybridized carbons (Fsp3) is 0.417. The number of hydrogen-bond acceptors (Lipinski definition) is 4. The Balaban J connectivity index is 2.62. The molecule has 0 bridgehead atoms. The van der Waals surface area contributed by atoms with Gasteiger partial charge in [0.05, 0.1) is 0 Å². The molecule has 11 heteroatoms. The number of halogens is 7. The molecule has 0 spiro atoms. The first-order chi connectivity index (χ1) is 10.4. The molecule has 0 aliphatic rings. The summed E-state index contributed by atoms with van der Waals surface area (Å²) in [7, 11) is 0. The van der Waals surface area contributed by atoms with Crippen LogP contribution in [0.25, 0.3) is 0 Å². The highest BCUT2D eigenvalue weighted by Crippen LogP contribution is 2.41. The normalized spacial score (nSPS) is 12.9. The van der Waals surface area contributed by atoms with Gasteiger partial charge in [-0.05, 0) is 46.9 Å². The fourth-order valence-corrected chi connectivity index (χ4v) is 1.68. The third kappa shape index (κ3) is 4.62. The number of benzene rings is 1. The number of carbonyl (C=O) groups is 1. The standard InChI is InChI=1S/C12H8F6IO4/c13-11(14,15)10(21,12(16,17)18)9(20)23-6-5-22-8-3-1-7(19)2-4-8/h1-4H,5-6H2/q-1. The van der Waals surface area contributed by atoms with Gasteiger partial charge in [0.1, 0.15) is 19.0 Å².